The van der Waals surface area contributed by atoms with Gasteiger partial charge in [-0.3, -0.25) is 4.79 Å². The molecule has 1 unspecified atom stereocenters. The van der Waals surface area contributed by atoms with E-state index < -0.39 is 0 Å². The van der Waals surface area contributed by atoms with Crippen LogP contribution in [0.5, 0.6) is 0 Å². The molecule has 0 saturated heterocycles. The first-order chi connectivity index (χ1) is 8.15. The van der Waals surface area contributed by atoms with Gasteiger partial charge >= 0.3 is 5.97 Å². The third kappa shape index (κ3) is 5.33. The first kappa shape index (κ1) is 14.2. The van der Waals surface area contributed by atoms with Crippen LogP contribution in [0, 0.1) is 5.92 Å². The van der Waals surface area contributed by atoms with Gasteiger partial charge in [-0.2, -0.15) is 0 Å². The zero-order valence-electron chi connectivity index (χ0n) is 10.8. The van der Waals surface area contributed by atoms with E-state index in [1.807, 2.05) is 6.07 Å². The summed E-state index contributed by atoms with van der Waals surface area (Å²) in [5.41, 5.74) is 0. The van der Waals surface area contributed by atoms with Gasteiger partial charge in [0, 0.05) is 16.3 Å². The predicted octanol–water partition coefficient (Wildman–Crippen LogP) is 2.60. The maximum atomic E-state index is 11.1. The normalized spacial score (nSPS) is 12.4. The van der Waals surface area contributed by atoms with Crippen molar-refractivity contribution < 1.29 is 9.53 Å². The number of methoxy groups -OCH3 is 1. The molecule has 1 N–H and O–H groups in total. The van der Waals surface area contributed by atoms with Crippen molar-refractivity contribution in [2.45, 2.75) is 33.2 Å². The topological polar surface area (TPSA) is 38.3 Å². The molecule has 0 aliphatic rings. The first-order valence-corrected chi connectivity index (χ1v) is 6.82. The zero-order chi connectivity index (χ0) is 12.7. The van der Waals surface area contributed by atoms with Gasteiger partial charge in [-0.1, -0.05) is 20.3 Å². The zero-order valence-corrected chi connectivity index (χ0v) is 11.6. The van der Waals surface area contributed by atoms with Crippen LogP contribution in [0.3, 0.4) is 0 Å². The number of thiophene rings is 1. The van der Waals surface area contributed by atoms with Crippen molar-refractivity contribution in [1.82, 2.24) is 5.32 Å². The fourth-order valence-corrected chi connectivity index (χ4v) is 2.39. The number of hydrogen-bond acceptors (Lipinski definition) is 4. The van der Waals surface area contributed by atoms with E-state index >= 15 is 0 Å². The maximum Gasteiger partial charge on any atom is 0.310 e. The molecule has 1 aromatic rings. The van der Waals surface area contributed by atoms with Crippen molar-refractivity contribution in [3.63, 3.8) is 0 Å². The van der Waals surface area contributed by atoms with Crippen molar-refractivity contribution in [3.8, 4) is 0 Å². The Kier molecular flexibility index (Phi) is 6.22. The van der Waals surface area contributed by atoms with Crippen molar-refractivity contribution in [2.24, 2.45) is 5.92 Å². The summed E-state index contributed by atoms with van der Waals surface area (Å²) in [4.78, 5) is 13.4. The fraction of sp³-hybridized carbons (Fsp3) is 0.615. The van der Waals surface area contributed by atoms with Gasteiger partial charge in [-0.25, -0.2) is 0 Å². The molecule has 4 heteroatoms. The van der Waals surface area contributed by atoms with E-state index in [4.69, 9.17) is 0 Å². The SMILES string of the molecule is CCC(C)CNCc1ccc(CC(=O)OC)s1. The van der Waals surface area contributed by atoms with Crippen LogP contribution in [0.1, 0.15) is 30.0 Å². The van der Waals surface area contributed by atoms with Crippen LogP contribution < -0.4 is 5.32 Å². The molecule has 0 radical (unpaired) electrons. The highest BCUT2D eigenvalue weighted by molar-refractivity contribution is 7.12. The summed E-state index contributed by atoms with van der Waals surface area (Å²) in [5, 5.41) is 3.43. The average Bonchev–Trinajstić information content (AvgIpc) is 2.76. The highest BCUT2D eigenvalue weighted by atomic mass is 32.1. The summed E-state index contributed by atoms with van der Waals surface area (Å²) in [7, 11) is 1.42. The smallest absolute Gasteiger partial charge is 0.310 e. The standard InChI is InChI=1S/C13H21NO2S/c1-4-10(2)8-14-9-12-6-5-11(17-12)7-13(15)16-3/h5-6,10,14H,4,7-9H2,1-3H3. The molecule has 0 spiro atoms. The Balaban J connectivity index is 2.33. The summed E-state index contributed by atoms with van der Waals surface area (Å²) in [5.74, 6) is 0.537. The molecule has 1 rings (SSSR count). The lowest BCUT2D eigenvalue weighted by Crippen LogP contribution is -2.19. The third-order valence-electron chi connectivity index (χ3n) is 2.75. The van der Waals surface area contributed by atoms with Crippen LogP contribution >= 0.6 is 11.3 Å². The number of carbonyl (C=O) groups is 1. The van der Waals surface area contributed by atoms with E-state index in [1.165, 1.54) is 18.4 Å². The van der Waals surface area contributed by atoms with Crippen molar-refractivity contribution in [1.29, 1.82) is 0 Å². The maximum absolute atomic E-state index is 11.1. The lowest BCUT2D eigenvalue weighted by Gasteiger charge is -2.08. The van der Waals surface area contributed by atoms with Crippen LogP contribution in [0.2, 0.25) is 0 Å². The molecular weight excluding hydrogens is 234 g/mol. The van der Waals surface area contributed by atoms with E-state index in [1.54, 1.807) is 11.3 Å². The molecule has 3 nitrogen and oxygen atoms in total. The van der Waals surface area contributed by atoms with Crippen molar-refractivity contribution >= 4 is 17.3 Å². The van der Waals surface area contributed by atoms with Crippen LogP contribution in [0.4, 0.5) is 0 Å². The Morgan fingerprint density at radius 3 is 2.82 bits per heavy atom. The Morgan fingerprint density at radius 2 is 2.18 bits per heavy atom. The summed E-state index contributed by atoms with van der Waals surface area (Å²) < 4.78 is 4.64. The van der Waals surface area contributed by atoms with Crippen LogP contribution in [-0.4, -0.2) is 19.6 Å². The van der Waals surface area contributed by atoms with E-state index in [0.717, 1.165) is 18.0 Å². The molecule has 0 aromatic carbocycles. The molecule has 0 aliphatic carbocycles. The largest absolute Gasteiger partial charge is 0.469 e. The molecule has 96 valence electrons. The summed E-state index contributed by atoms with van der Waals surface area (Å²) in [6.45, 7) is 6.37. The Labute approximate surface area is 107 Å². The van der Waals surface area contributed by atoms with Crippen molar-refractivity contribution in [3.05, 3.63) is 21.9 Å². The highest BCUT2D eigenvalue weighted by Gasteiger charge is 2.06. The number of nitrogens with one attached hydrogen (secondary N) is 1. The molecule has 0 saturated carbocycles. The Morgan fingerprint density at radius 1 is 1.47 bits per heavy atom. The molecule has 1 aromatic heterocycles. The van der Waals surface area contributed by atoms with Gasteiger partial charge in [0.05, 0.1) is 13.5 Å². The molecule has 0 amide bonds. The van der Waals surface area contributed by atoms with Gasteiger partial charge in [0.25, 0.3) is 0 Å². The molecular formula is C13H21NO2S. The molecule has 1 heterocycles. The van der Waals surface area contributed by atoms with Gasteiger partial charge in [-0.15, -0.1) is 11.3 Å². The molecule has 0 bridgehead atoms. The first-order valence-electron chi connectivity index (χ1n) is 6.00. The van der Waals surface area contributed by atoms with Gasteiger partial charge in [0.15, 0.2) is 0 Å². The Bertz CT molecular complexity index is 349. The molecule has 0 aliphatic heterocycles. The third-order valence-corrected chi connectivity index (χ3v) is 3.84. The van der Waals surface area contributed by atoms with Crippen LogP contribution in [0.15, 0.2) is 12.1 Å². The number of hydrogen-bond donors (Lipinski definition) is 1. The fourth-order valence-electron chi connectivity index (χ4n) is 1.41. The molecule has 0 fully saturated rings. The minimum atomic E-state index is -0.175. The lowest BCUT2D eigenvalue weighted by atomic mass is 10.1. The van der Waals surface area contributed by atoms with Crippen LogP contribution in [0.25, 0.3) is 0 Å². The number of rotatable bonds is 7. The van der Waals surface area contributed by atoms with E-state index in [9.17, 15) is 4.79 Å². The average molecular weight is 255 g/mol. The highest BCUT2D eigenvalue weighted by Crippen LogP contribution is 2.17. The summed E-state index contributed by atoms with van der Waals surface area (Å²) in [6.07, 6.45) is 1.58. The van der Waals surface area contributed by atoms with E-state index in [2.05, 4.69) is 30.0 Å². The van der Waals surface area contributed by atoms with E-state index in [-0.39, 0.29) is 5.97 Å². The lowest BCUT2D eigenvalue weighted by molar-refractivity contribution is -0.139. The molecule has 1 atom stereocenters. The van der Waals surface area contributed by atoms with Gasteiger partial charge in [0.2, 0.25) is 0 Å². The van der Waals surface area contributed by atoms with Gasteiger partial charge in [0.1, 0.15) is 0 Å². The second-order valence-corrected chi connectivity index (χ2v) is 5.52. The monoisotopic (exact) mass is 255 g/mol. The Hall–Kier alpha value is -0.870. The quantitative estimate of drug-likeness (QED) is 0.761. The number of carbonyl (C=O) groups excluding carboxylic acids is 1. The molecule has 17 heavy (non-hydrogen) atoms. The summed E-state index contributed by atoms with van der Waals surface area (Å²) >= 11 is 1.67. The van der Waals surface area contributed by atoms with Gasteiger partial charge in [-0.05, 0) is 24.6 Å². The number of ether oxygens (including phenoxy) is 1. The van der Waals surface area contributed by atoms with Crippen LogP contribution in [-0.2, 0) is 22.5 Å². The van der Waals surface area contributed by atoms with Gasteiger partial charge < -0.3 is 10.1 Å². The predicted molar refractivity (Wildman–Crippen MR) is 71.2 cm³/mol. The van der Waals surface area contributed by atoms with Crippen molar-refractivity contribution in [2.75, 3.05) is 13.7 Å². The number of esters is 1. The second-order valence-electron chi connectivity index (χ2n) is 4.27. The minimum Gasteiger partial charge on any atom is -0.469 e. The second kappa shape index (κ2) is 7.45. The van der Waals surface area contributed by atoms with E-state index in [0.29, 0.717) is 12.3 Å². The summed E-state index contributed by atoms with van der Waals surface area (Å²) in [6, 6.07) is 4.08. The minimum absolute atomic E-state index is 0.175.